The Kier molecular flexibility index (Phi) is 6.76. The molecule has 0 bridgehead atoms. The van der Waals surface area contributed by atoms with Crippen molar-refractivity contribution in [3.63, 3.8) is 0 Å². The van der Waals surface area contributed by atoms with Gasteiger partial charge in [0.15, 0.2) is 0 Å². The minimum atomic E-state index is -3.38. The molecule has 1 N–H and O–H groups in total. The molecule has 7 nitrogen and oxygen atoms in total. The van der Waals surface area contributed by atoms with Gasteiger partial charge in [0.05, 0.1) is 22.5 Å². The van der Waals surface area contributed by atoms with Crippen LogP contribution in [0.25, 0.3) is 22.2 Å². The van der Waals surface area contributed by atoms with Crippen LogP contribution < -0.4 is 4.72 Å². The number of anilines is 1. The number of carbonyl (C=O) groups excluding carboxylic acids is 1. The lowest BCUT2D eigenvalue weighted by Gasteiger charge is -2.30. The quantitative estimate of drug-likeness (QED) is 0.448. The fourth-order valence-electron chi connectivity index (χ4n) is 5.34. The highest BCUT2D eigenvalue weighted by Gasteiger charge is 2.29. The number of hydrogen-bond donors (Lipinski definition) is 1. The Labute approximate surface area is 212 Å². The van der Waals surface area contributed by atoms with Gasteiger partial charge in [0, 0.05) is 35.8 Å². The first-order valence-corrected chi connectivity index (χ1v) is 14.6. The predicted octanol–water partition coefficient (Wildman–Crippen LogP) is 5.68. The minimum Gasteiger partial charge on any atom is -0.339 e. The van der Waals surface area contributed by atoms with Crippen molar-refractivity contribution in [3.05, 3.63) is 53.6 Å². The van der Waals surface area contributed by atoms with E-state index in [1.54, 1.807) is 12.1 Å². The summed E-state index contributed by atoms with van der Waals surface area (Å²) in [5.74, 6) is 0.128. The number of likely N-dealkylation sites (tertiary alicyclic amines) is 1. The SMILES string of the molecule is CCCS(=O)(=O)Nc1ccc(-c2c(C#N)c3ccc(C(=O)N4CCCCC4)cc3n2C2CCC2)cc1. The van der Waals surface area contributed by atoms with Gasteiger partial charge in [-0.3, -0.25) is 9.52 Å². The molecule has 5 rings (SSSR count). The number of amides is 1. The van der Waals surface area contributed by atoms with Gasteiger partial charge in [-0.1, -0.05) is 25.1 Å². The topological polar surface area (TPSA) is 95.2 Å². The van der Waals surface area contributed by atoms with Crippen LogP contribution in [0.3, 0.4) is 0 Å². The molecule has 0 radical (unpaired) electrons. The third kappa shape index (κ3) is 4.60. The summed E-state index contributed by atoms with van der Waals surface area (Å²) in [4.78, 5) is 15.2. The zero-order chi connectivity index (χ0) is 25.3. The number of piperidine rings is 1. The van der Waals surface area contributed by atoms with E-state index in [-0.39, 0.29) is 17.7 Å². The van der Waals surface area contributed by atoms with Crippen LogP contribution in [0.2, 0.25) is 0 Å². The van der Waals surface area contributed by atoms with Crippen molar-refractivity contribution < 1.29 is 13.2 Å². The highest BCUT2D eigenvalue weighted by atomic mass is 32.2. The maximum atomic E-state index is 13.2. The summed E-state index contributed by atoms with van der Waals surface area (Å²) >= 11 is 0. The van der Waals surface area contributed by atoms with Crippen LogP contribution in [-0.4, -0.2) is 42.6 Å². The van der Waals surface area contributed by atoms with Crippen LogP contribution in [0, 0.1) is 11.3 Å². The third-order valence-electron chi connectivity index (χ3n) is 7.35. The van der Waals surface area contributed by atoms with Crippen molar-refractivity contribution in [2.75, 3.05) is 23.6 Å². The molecule has 188 valence electrons. The molecule has 0 atom stereocenters. The summed E-state index contributed by atoms with van der Waals surface area (Å²) < 4.78 is 29.2. The van der Waals surface area contributed by atoms with E-state index in [4.69, 9.17) is 0 Å². The Hall–Kier alpha value is -3.31. The highest BCUT2D eigenvalue weighted by molar-refractivity contribution is 7.92. The van der Waals surface area contributed by atoms with Gasteiger partial charge in [0.1, 0.15) is 6.07 Å². The number of carbonyl (C=O) groups is 1. The Bertz CT molecular complexity index is 1420. The molecule has 1 aromatic heterocycles. The summed E-state index contributed by atoms with van der Waals surface area (Å²) in [6.45, 7) is 3.42. The Morgan fingerprint density at radius 1 is 1.06 bits per heavy atom. The highest BCUT2D eigenvalue weighted by Crippen LogP contribution is 2.43. The third-order valence-corrected chi connectivity index (χ3v) is 8.84. The molecule has 2 aromatic carbocycles. The summed E-state index contributed by atoms with van der Waals surface area (Å²) in [7, 11) is -3.38. The summed E-state index contributed by atoms with van der Waals surface area (Å²) in [5, 5.41) is 11.0. The van der Waals surface area contributed by atoms with Gasteiger partial charge in [-0.15, -0.1) is 0 Å². The molecule has 0 spiro atoms. The first-order chi connectivity index (χ1) is 17.4. The minimum absolute atomic E-state index is 0.0572. The predicted molar refractivity (Wildman–Crippen MR) is 142 cm³/mol. The molecule has 2 fully saturated rings. The van der Waals surface area contributed by atoms with E-state index in [1.807, 2.05) is 42.2 Å². The second-order valence-corrected chi connectivity index (χ2v) is 11.7. The van der Waals surface area contributed by atoms with Gasteiger partial charge in [-0.05, 0) is 74.8 Å². The second-order valence-electron chi connectivity index (χ2n) is 9.87. The molecule has 1 amide bonds. The molecule has 0 unspecified atom stereocenters. The van der Waals surface area contributed by atoms with Gasteiger partial charge >= 0.3 is 0 Å². The number of nitriles is 1. The van der Waals surface area contributed by atoms with Gasteiger partial charge in [0.25, 0.3) is 5.91 Å². The van der Waals surface area contributed by atoms with Gasteiger partial charge < -0.3 is 9.47 Å². The number of rotatable bonds is 7. The molecule has 2 heterocycles. The second kappa shape index (κ2) is 9.98. The van der Waals surface area contributed by atoms with Crippen LogP contribution in [-0.2, 0) is 10.0 Å². The first kappa shape index (κ1) is 24.4. The van der Waals surface area contributed by atoms with Crippen molar-refractivity contribution in [1.82, 2.24) is 9.47 Å². The lowest BCUT2D eigenvalue weighted by Crippen LogP contribution is -2.35. The van der Waals surface area contributed by atoms with E-state index in [1.165, 1.54) is 6.42 Å². The number of benzene rings is 2. The molecule has 3 aromatic rings. The van der Waals surface area contributed by atoms with Crippen LogP contribution in [0.4, 0.5) is 5.69 Å². The molecule has 1 saturated heterocycles. The Morgan fingerprint density at radius 3 is 2.39 bits per heavy atom. The normalized spacial score (nSPS) is 16.5. The summed E-state index contributed by atoms with van der Waals surface area (Å²) in [6, 6.07) is 15.6. The van der Waals surface area contributed by atoms with E-state index in [0.717, 1.165) is 67.4 Å². The summed E-state index contributed by atoms with van der Waals surface area (Å²) in [6.07, 6.45) is 6.99. The number of hydrogen-bond acceptors (Lipinski definition) is 4. The van der Waals surface area contributed by atoms with Crippen LogP contribution in [0.5, 0.6) is 0 Å². The monoisotopic (exact) mass is 504 g/mol. The largest absolute Gasteiger partial charge is 0.339 e. The van der Waals surface area contributed by atoms with Gasteiger partial charge in [0.2, 0.25) is 10.0 Å². The molecular weight excluding hydrogens is 472 g/mol. The number of nitrogens with one attached hydrogen (secondary N) is 1. The molecule has 1 aliphatic heterocycles. The fraction of sp³-hybridized carbons (Fsp3) is 0.429. The number of sulfonamides is 1. The van der Waals surface area contributed by atoms with Crippen molar-refractivity contribution >= 4 is 32.5 Å². The van der Waals surface area contributed by atoms with Gasteiger partial charge in [-0.2, -0.15) is 5.26 Å². The van der Waals surface area contributed by atoms with E-state index < -0.39 is 10.0 Å². The number of aromatic nitrogens is 1. The molecular formula is C28H32N4O3S. The van der Waals surface area contributed by atoms with Crippen molar-refractivity contribution in [1.29, 1.82) is 5.26 Å². The average Bonchev–Trinajstić information content (AvgIpc) is 3.16. The van der Waals surface area contributed by atoms with Crippen LogP contribution in [0.1, 0.15) is 73.8 Å². The smallest absolute Gasteiger partial charge is 0.253 e. The molecule has 1 aliphatic carbocycles. The maximum Gasteiger partial charge on any atom is 0.253 e. The van der Waals surface area contributed by atoms with E-state index in [2.05, 4.69) is 15.4 Å². The van der Waals surface area contributed by atoms with Gasteiger partial charge in [-0.25, -0.2) is 8.42 Å². The summed E-state index contributed by atoms with van der Waals surface area (Å²) in [5.41, 5.74) is 4.38. The molecule has 8 heteroatoms. The van der Waals surface area contributed by atoms with E-state index in [0.29, 0.717) is 23.2 Å². The fourth-order valence-corrected chi connectivity index (χ4v) is 6.47. The first-order valence-electron chi connectivity index (χ1n) is 12.9. The lowest BCUT2D eigenvalue weighted by atomic mass is 9.92. The number of fused-ring (bicyclic) bond motifs is 1. The Morgan fingerprint density at radius 2 is 1.78 bits per heavy atom. The van der Waals surface area contributed by atoms with Crippen molar-refractivity contribution in [2.24, 2.45) is 0 Å². The molecule has 36 heavy (non-hydrogen) atoms. The molecule has 2 aliphatic rings. The maximum absolute atomic E-state index is 13.2. The zero-order valence-corrected chi connectivity index (χ0v) is 21.5. The van der Waals surface area contributed by atoms with Crippen molar-refractivity contribution in [3.8, 4) is 17.3 Å². The standard InChI is InChI=1S/C28H32N4O3S/c1-2-17-36(34,35)30-22-12-9-20(10-13-22)27-25(19-29)24-14-11-21(28(33)31-15-4-3-5-16-31)18-26(24)32(27)23-7-6-8-23/h9-14,18,23,30H,2-8,15-17H2,1H3. The van der Waals surface area contributed by atoms with Crippen LogP contribution in [0.15, 0.2) is 42.5 Å². The molecule has 1 saturated carbocycles. The van der Waals surface area contributed by atoms with E-state index in [9.17, 15) is 18.5 Å². The lowest BCUT2D eigenvalue weighted by molar-refractivity contribution is 0.0724. The number of nitrogens with zero attached hydrogens (tertiary/aromatic N) is 3. The Balaban J connectivity index is 1.58. The van der Waals surface area contributed by atoms with E-state index >= 15 is 0 Å². The van der Waals surface area contributed by atoms with Crippen molar-refractivity contribution in [2.45, 2.75) is 57.9 Å². The zero-order valence-electron chi connectivity index (χ0n) is 20.7. The van der Waals surface area contributed by atoms with Crippen LogP contribution >= 0.6 is 0 Å². The average molecular weight is 505 g/mol.